The predicted molar refractivity (Wildman–Crippen MR) is 102 cm³/mol. The highest BCUT2D eigenvalue weighted by atomic mass is 35.5. The molecule has 0 bridgehead atoms. The number of nitrogens with zero attached hydrogens (tertiary/aromatic N) is 1. The zero-order valence-electron chi connectivity index (χ0n) is 14.4. The van der Waals surface area contributed by atoms with Gasteiger partial charge in [-0.3, -0.25) is 9.59 Å². The summed E-state index contributed by atoms with van der Waals surface area (Å²) < 4.78 is 0. The van der Waals surface area contributed by atoms with Gasteiger partial charge in [-0.2, -0.15) is 0 Å². The number of primary amides is 1. The van der Waals surface area contributed by atoms with Crippen molar-refractivity contribution < 1.29 is 9.59 Å². The van der Waals surface area contributed by atoms with Crippen molar-refractivity contribution in [2.45, 2.75) is 32.1 Å². The van der Waals surface area contributed by atoms with Gasteiger partial charge in [-0.25, -0.2) is 0 Å². The van der Waals surface area contributed by atoms with Gasteiger partial charge in [-0.15, -0.1) is 12.4 Å². The van der Waals surface area contributed by atoms with Crippen LogP contribution >= 0.6 is 12.4 Å². The van der Waals surface area contributed by atoms with E-state index in [1.807, 2.05) is 6.07 Å². The minimum absolute atomic E-state index is 0. The molecular weight excluding hydrogens is 340 g/mol. The maximum absolute atomic E-state index is 12.0. The molecule has 25 heavy (non-hydrogen) atoms. The number of nitrogens with two attached hydrogens (primary N) is 1. The Morgan fingerprint density at radius 3 is 2.52 bits per heavy atom. The summed E-state index contributed by atoms with van der Waals surface area (Å²) in [6.45, 7) is 3.06. The van der Waals surface area contributed by atoms with Gasteiger partial charge in [0.1, 0.15) is 0 Å². The molecule has 6 nitrogen and oxygen atoms in total. The second-order valence-corrected chi connectivity index (χ2v) is 6.77. The van der Waals surface area contributed by atoms with Crippen molar-refractivity contribution in [1.82, 2.24) is 5.32 Å². The van der Waals surface area contributed by atoms with Crippen molar-refractivity contribution in [3.8, 4) is 0 Å². The van der Waals surface area contributed by atoms with Gasteiger partial charge in [0.15, 0.2) is 0 Å². The van der Waals surface area contributed by atoms with Gasteiger partial charge < -0.3 is 21.3 Å². The minimum atomic E-state index is -0.431. The third-order valence-electron chi connectivity index (χ3n) is 4.66. The van der Waals surface area contributed by atoms with Gasteiger partial charge in [-0.1, -0.05) is 0 Å². The summed E-state index contributed by atoms with van der Waals surface area (Å²) in [5.74, 6) is 0.255. The van der Waals surface area contributed by atoms with E-state index in [2.05, 4.69) is 15.5 Å². The second-order valence-electron chi connectivity index (χ2n) is 6.77. The van der Waals surface area contributed by atoms with Crippen molar-refractivity contribution in [3.63, 3.8) is 0 Å². The quantitative estimate of drug-likeness (QED) is 0.689. The molecule has 1 aliphatic heterocycles. The second kappa shape index (κ2) is 9.06. The van der Waals surface area contributed by atoms with Crippen LogP contribution < -0.4 is 21.3 Å². The Kier molecular flexibility index (Phi) is 7.08. The van der Waals surface area contributed by atoms with Crippen molar-refractivity contribution in [3.05, 3.63) is 23.8 Å². The Morgan fingerprint density at radius 1 is 1.16 bits per heavy atom. The highest BCUT2D eigenvalue weighted by Crippen LogP contribution is 2.28. The molecule has 1 saturated carbocycles. The number of amides is 2. The summed E-state index contributed by atoms with van der Waals surface area (Å²) in [5.41, 5.74) is 7.56. The average Bonchev–Trinajstić information content (AvgIpc) is 3.39. The summed E-state index contributed by atoms with van der Waals surface area (Å²) in [5, 5.41) is 6.08. The number of piperidine rings is 1. The van der Waals surface area contributed by atoms with Crippen LogP contribution in [0.5, 0.6) is 0 Å². The number of hydrogen-bond acceptors (Lipinski definition) is 4. The molecule has 7 heteroatoms. The van der Waals surface area contributed by atoms with E-state index in [4.69, 9.17) is 5.73 Å². The van der Waals surface area contributed by atoms with Crippen LogP contribution in [-0.4, -0.2) is 38.0 Å². The Hall–Kier alpha value is -1.79. The molecule has 1 heterocycles. The fourth-order valence-electron chi connectivity index (χ4n) is 3.13. The van der Waals surface area contributed by atoms with E-state index in [1.165, 1.54) is 19.3 Å². The number of hydrogen-bond donors (Lipinski definition) is 3. The standard InChI is InChI=1S/C18H26N4O2.ClH/c19-18(24)15-7-6-14(10-16(15)22-8-2-1-3-9-22)21-17(23)12-20-11-13-4-5-13;/h6-7,10,13,20H,1-5,8-9,11-12H2,(H2,19,24)(H,21,23);1H. The molecule has 0 aromatic heterocycles. The van der Waals surface area contributed by atoms with Crippen molar-refractivity contribution in [2.24, 2.45) is 11.7 Å². The first-order valence-corrected chi connectivity index (χ1v) is 8.83. The first kappa shape index (κ1) is 19.5. The molecule has 0 atom stereocenters. The normalized spacial score (nSPS) is 16.9. The summed E-state index contributed by atoms with van der Waals surface area (Å²) in [7, 11) is 0. The number of nitrogens with one attached hydrogen (secondary N) is 2. The first-order chi connectivity index (χ1) is 11.6. The van der Waals surface area contributed by atoms with Crippen molar-refractivity contribution in [2.75, 3.05) is 36.4 Å². The lowest BCUT2D eigenvalue weighted by atomic mass is 10.1. The lowest BCUT2D eigenvalue weighted by Crippen LogP contribution is -2.32. The van der Waals surface area contributed by atoms with Gasteiger partial charge in [-0.05, 0) is 62.8 Å². The largest absolute Gasteiger partial charge is 0.371 e. The molecular formula is C18H27ClN4O2. The van der Waals surface area contributed by atoms with Gasteiger partial charge in [0, 0.05) is 18.8 Å². The van der Waals surface area contributed by atoms with Crippen LogP contribution in [-0.2, 0) is 4.79 Å². The number of rotatable bonds is 7. The van der Waals surface area contributed by atoms with Gasteiger partial charge in [0.2, 0.25) is 5.91 Å². The van der Waals surface area contributed by atoms with Gasteiger partial charge >= 0.3 is 0 Å². The molecule has 138 valence electrons. The van der Waals surface area contributed by atoms with Crippen LogP contribution in [0.25, 0.3) is 0 Å². The maximum atomic E-state index is 12.0. The molecule has 1 aromatic rings. The summed E-state index contributed by atoms with van der Waals surface area (Å²) in [6.07, 6.45) is 5.97. The van der Waals surface area contributed by atoms with E-state index in [9.17, 15) is 9.59 Å². The highest BCUT2D eigenvalue weighted by molar-refractivity contribution is 6.00. The van der Waals surface area contributed by atoms with Crippen LogP contribution in [0.3, 0.4) is 0 Å². The van der Waals surface area contributed by atoms with Crippen molar-refractivity contribution in [1.29, 1.82) is 0 Å². The Balaban J connectivity index is 0.00000225. The Morgan fingerprint density at radius 2 is 1.88 bits per heavy atom. The van der Waals surface area contributed by atoms with E-state index >= 15 is 0 Å². The van der Waals surface area contributed by atoms with Crippen LogP contribution in [0, 0.1) is 5.92 Å². The molecule has 0 unspecified atom stereocenters. The highest BCUT2D eigenvalue weighted by Gasteiger charge is 2.21. The molecule has 1 aliphatic carbocycles. The average molecular weight is 367 g/mol. The molecule has 2 aliphatic rings. The summed E-state index contributed by atoms with van der Waals surface area (Å²) in [4.78, 5) is 25.9. The third kappa shape index (κ3) is 5.61. The first-order valence-electron chi connectivity index (χ1n) is 8.83. The fourth-order valence-corrected chi connectivity index (χ4v) is 3.13. The van der Waals surface area contributed by atoms with Crippen LogP contribution in [0.2, 0.25) is 0 Å². The van der Waals surface area contributed by atoms with Crippen LogP contribution in [0.15, 0.2) is 18.2 Å². The fraction of sp³-hybridized carbons (Fsp3) is 0.556. The van der Waals surface area contributed by atoms with E-state index in [0.29, 0.717) is 17.8 Å². The smallest absolute Gasteiger partial charge is 0.250 e. The third-order valence-corrected chi connectivity index (χ3v) is 4.66. The topological polar surface area (TPSA) is 87.5 Å². The van der Waals surface area contributed by atoms with Crippen molar-refractivity contribution >= 4 is 35.6 Å². The molecule has 4 N–H and O–H groups in total. The molecule has 0 radical (unpaired) electrons. The zero-order chi connectivity index (χ0) is 16.9. The Bertz CT molecular complexity index is 613. The van der Waals surface area contributed by atoms with Crippen LogP contribution in [0.4, 0.5) is 11.4 Å². The number of benzene rings is 1. The molecule has 3 rings (SSSR count). The number of halogens is 1. The Labute approximate surface area is 154 Å². The SMILES string of the molecule is Cl.NC(=O)c1ccc(NC(=O)CNCC2CC2)cc1N1CCCCC1. The molecule has 2 amide bonds. The molecule has 1 saturated heterocycles. The van der Waals surface area contributed by atoms with Crippen LogP contribution in [0.1, 0.15) is 42.5 Å². The minimum Gasteiger partial charge on any atom is -0.371 e. The number of anilines is 2. The van der Waals surface area contributed by atoms with E-state index in [1.54, 1.807) is 12.1 Å². The predicted octanol–water partition coefficient (Wildman–Crippen LogP) is 2.14. The summed E-state index contributed by atoms with van der Waals surface area (Å²) >= 11 is 0. The monoisotopic (exact) mass is 366 g/mol. The molecule has 2 fully saturated rings. The zero-order valence-corrected chi connectivity index (χ0v) is 15.2. The van der Waals surface area contributed by atoms with E-state index in [0.717, 1.165) is 44.1 Å². The van der Waals surface area contributed by atoms with Gasteiger partial charge in [0.05, 0.1) is 17.8 Å². The number of carbonyl (C=O) groups is 2. The molecule has 1 aromatic carbocycles. The molecule has 0 spiro atoms. The van der Waals surface area contributed by atoms with E-state index < -0.39 is 5.91 Å². The maximum Gasteiger partial charge on any atom is 0.250 e. The van der Waals surface area contributed by atoms with Gasteiger partial charge in [0.25, 0.3) is 5.91 Å². The summed E-state index contributed by atoms with van der Waals surface area (Å²) in [6, 6.07) is 5.32. The lowest BCUT2D eigenvalue weighted by Gasteiger charge is -2.30. The van der Waals surface area contributed by atoms with E-state index in [-0.39, 0.29) is 18.3 Å². The lowest BCUT2D eigenvalue weighted by molar-refractivity contribution is -0.115. The number of carbonyl (C=O) groups excluding carboxylic acids is 2.